The van der Waals surface area contributed by atoms with Crippen molar-refractivity contribution in [2.45, 2.75) is 50.4 Å². The van der Waals surface area contributed by atoms with Gasteiger partial charge < -0.3 is 4.90 Å². The number of hydrogen-bond acceptors (Lipinski definition) is 2. The lowest BCUT2D eigenvalue weighted by Crippen LogP contribution is -2.54. The average molecular weight is 250 g/mol. The Bertz CT molecular complexity index is 306. The van der Waals surface area contributed by atoms with E-state index in [0.29, 0.717) is 13.1 Å². The highest BCUT2D eigenvalue weighted by molar-refractivity contribution is 5.81. The zero-order valence-corrected chi connectivity index (χ0v) is 9.81. The van der Waals surface area contributed by atoms with Crippen LogP contribution in [-0.2, 0) is 4.79 Å². The van der Waals surface area contributed by atoms with Gasteiger partial charge in [0.1, 0.15) is 5.54 Å². The van der Waals surface area contributed by atoms with Crippen molar-refractivity contribution in [2.75, 3.05) is 13.1 Å². The van der Waals surface area contributed by atoms with Gasteiger partial charge in [0.2, 0.25) is 5.91 Å². The van der Waals surface area contributed by atoms with Crippen LogP contribution in [0.25, 0.3) is 0 Å². The smallest absolute Gasteiger partial charge is 0.341 e. The number of carbonyl (C=O) groups is 1. The zero-order chi connectivity index (χ0) is 12.7. The summed E-state index contributed by atoms with van der Waals surface area (Å²) in [6.45, 7) is 2.86. The van der Waals surface area contributed by atoms with E-state index in [1.54, 1.807) is 4.90 Å². The summed E-state index contributed by atoms with van der Waals surface area (Å²) in [5.74, 6) is -0.210. The molecule has 0 bridgehead atoms. The molecule has 2 fully saturated rings. The molecule has 0 spiro atoms. The number of nitrogens with zero attached hydrogens (tertiary/aromatic N) is 1. The van der Waals surface area contributed by atoms with Crippen molar-refractivity contribution in [3.8, 4) is 0 Å². The van der Waals surface area contributed by atoms with E-state index in [-0.39, 0.29) is 18.7 Å². The minimum atomic E-state index is -4.26. The van der Waals surface area contributed by atoms with E-state index in [2.05, 4.69) is 5.32 Å². The molecule has 17 heavy (non-hydrogen) atoms. The summed E-state index contributed by atoms with van der Waals surface area (Å²) in [6, 6.07) is -0.753. The predicted molar refractivity (Wildman–Crippen MR) is 56.4 cm³/mol. The van der Waals surface area contributed by atoms with Gasteiger partial charge in [-0.3, -0.25) is 10.1 Å². The van der Waals surface area contributed by atoms with Crippen molar-refractivity contribution < 1.29 is 18.0 Å². The monoisotopic (exact) mass is 250 g/mol. The van der Waals surface area contributed by atoms with E-state index in [4.69, 9.17) is 0 Å². The third-order valence-electron chi connectivity index (χ3n) is 3.57. The molecule has 1 saturated heterocycles. The first-order valence-corrected chi connectivity index (χ1v) is 5.99. The summed E-state index contributed by atoms with van der Waals surface area (Å²) in [7, 11) is 0. The van der Waals surface area contributed by atoms with Gasteiger partial charge in [-0.15, -0.1) is 0 Å². The molecule has 6 heteroatoms. The molecule has 1 heterocycles. The zero-order valence-electron chi connectivity index (χ0n) is 9.81. The van der Waals surface area contributed by atoms with Gasteiger partial charge in [-0.25, -0.2) is 0 Å². The lowest BCUT2D eigenvalue weighted by molar-refractivity contribution is -0.169. The lowest BCUT2D eigenvalue weighted by atomic mass is 10.2. The number of alkyl halides is 3. The second kappa shape index (κ2) is 4.15. The van der Waals surface area contributed by atoms with Gasteiger partial charge in [-0.05, 0) is 32.6 Å². The minimum absolute atomic E-state index is 0.0775. The van der Waals surface area contributed by atoms with Gasteiger partial charge in [0.15, 0.2) is 0 Å². The maximum atomic E-state index is 12.7. The van der Waals surface area contributed by atoms with Crippen molar-refractivity contribution in [2.24, 2.45) is 0 Å². The van der Waals surface area contributed by atoms with E-state index in [1.807, 2.05) is 0 Å². The summed E-state index contributed by atoms with van der Waals surface area (Å²) < 4.78 is 38.1. The molecule has 1 unspecified atom stereocenters. The SMILES string of the molecule is CC(NC1(C(F)(F)F)CC1)C(=O)N1CCCC1. The number of amides is 1. The van der Waals surface area contributed by atoms with Crippen molar-refractivity contribution in [1.29, 1.82) is 0 Å². The van der Waals surface area contributed by atoms with E-state index >= 15 is 0 Å². The number of hydrogen-bond donors (Lipinski definition) is 1. The van der Waals surface area contributed by atoms with Crippen LogP contribution in [0.3, 0.4) is 0 Å². The Hall–Kier alpha value is -0.780. The van der Waals surface area contributed by atoms with Crippen LogP contribution >= 0.6 is 0 Å². The molecule has 98 valence electrons. The van der Waals surface area contributed by atoms with E-state index < -0.39 is 17.8 Å². The Morgan fingerprint density at radius 2 is 1.82 bits per heavy atom. The van der Waals surface area contributed by atoms with Crippen LogP contribution in [0.15, 0.2) is 0 Å². The Labute approximate surface area is 98.3 Å². The number of rotatable bonds is 3. The molecule has 0 aromatic heterocycles. The topological polar surface area (TPSA) is 32.3 Å². The van der Waals surface area contributed by atoms with Crippen molar-refractivity contribution in [3.63, 3.8) is 0 Å². The first-order valence-electron chi connectivity index (χ1n) is 5.99. The molecule has 1 aliphatic carbocycles. The fraction of sp³-hybridized carbons (Fsp3) is 0.909. The van der Waals surface area contributed by atoms with Crippen LogP contribution in [0.1, 0.15) is 32.6 Å². The van der Waals surface area contributed by atoms with Gasteiger partial charge in [0.25, 0.3) is 0 Å². The largest absolute Gasteiger partial charge is 0.406 e. The molecule has 0 aromatic carbocycles. The van der Waals surface area contributed by atoms with Crippen molar-refractivity contribution >= 4 is 5.91 Å². The number of carbonyl (C=O) groups excluding carboxylic acids is 1. The Morgan fingerprint density at radius 1 is 1.29 bits per heavy atom. The van der Waals surface area contributed by atoms with Crippen LogP contribution in [-0.4, -0.2) is 41.7 Å². The average Bonchev–Trinajstić information content (AvgIpc) is 2.83. The highest BCUT2D eigenvalue weighted by atomic mass is 19.4. The third-order valence-corrected chi connectivity index (χ3v) is 3.57. The quantitative estimate of drug-likeness (QED) is 0.826. The summed E-state index contributed by atoms with van der Waals surface area (Å²) in [5, 5.41) is 2.47. The van der Waals surface area contributed by atoms with E-state index in [9.17, 15) is 18.0 Å². The molecule has 1 N–H and O–H groups in total. The van der Waals surface area contributed by atoms with Crippen LogP contribution in [0.2, 0.25) is 0 Å². The van der Waals surface area contributed by atoms with Gasteiger partial charge in [-0.2, -0.15) is 13.2 Å². The summed E-state index contributed by atoms with van der Waals surface area (Å²) in [5.41, 5.74) is -1.80. The highest BCUT2D eigenvalue weighted by Gasteiger charge is 2.64. The van der Waals surface area contributed by atoms with Gasteiger partial charge >= 0.3 is 6.18 Å². The fourth-order valence-electron chi connectivity index (χ4n) is 2.32. The molecule has 3 nitrogen and oxygen atoms in total. The van der Waals surface area contributed by atoms with Gasteiger partial charge in [0, 0.05) is 13.1 Å². The molecule has 2 aliphatic rings. The standard InChI is InChI=1S/C11H17F3N2O/c1-8(9(17)16-6-2-3-7-16)15-10(4-5-10)11(12,13)14/h8,15H,2-7H2,1H3. The Kier molecular flexibility index (Phi) is 3.10. The Balaban J connectivity index is 1.93. The molecular formula is C11H17F3N2O. The molecule has 1 atom stereocenters. The van der Waals surface area contributed by atoms with E-state index in [0.717, 1.165) is 12.8 Å². The second-order valence-corrected chi connectivity index (χ2v) is 4.98. The van der Waals surface area contributed by atoms with Crippen molar-refractivity contribution in [1.82, 2.24) is 10.2 Å². The fourth-order valence-corrected chi connectivity index (χ4v) is 2.32. The highest BCUT2D eigenvalue weighted by Crippen LogP contribution is 2.49. The number of nitrogens with one attached hydrogen (secondary N) is 1. The van der Waals surface area contributed by atoms with Crippen LogP contribution in [0, 0.1) is 0 Å². The molecule has 1 saturated carbocycles. The Morgan fingerprint density at radius 3 is 2.24 bits per heavy atom. The van der Waals surface area contributed by atoms with Crippen LogP contribution < -0.4 is 5.32 Å². The van der Waals surface area contributed by atoms with Crippen molar-refractivity contribution in [3.05, 3.63) is 0 Å². The normalized spacial score (nSPS) is 24.8. The second-order valence-electron chi connectivity index (χ2n) is 4.98. The molecule has 2 rings (SSSR count). The molecule has 1 aliphatic heterocycles. The van der Waals surface area contributed by atoms with Crippen LogP contribution in [0.5, 0.6) is 0 Å². The molecule has 0 radical (unpaired) electrons. The first kappa shape index (κ1) is 12.7. The molecule has 0 aromatic rings. The molecular weight excluding hydrogens is 233 g/mol. The lowest BCUT2D eigenvalue weighted by Gasteiger charge is -2.27. The number of halogens is 3. The van der Waals surface area contributed by atoms with Gasteiger partial charge in [0.05, 0.1) is 6.04 Å². The van der Waals surface area contributed by atoms with Gasteiger partial charge in [-0.1, -0.05) is 0 Å². The summed E-state index contributed by atoms with van der Waals surface area (Å²) in [6.07, 6.45) is -2.21. The minimum Gasteiger partial charge on any atom is -0.341 e. The predicted octanol–water partition coefficient (Wildman–Crippen LogP) is 1.68. The first-order chi connectivity index (χ1) is 7.86. The summed E-state index contributed by atoms with van der Waals surface area (Å²) >= 11 is 0. The van der Waals surface area contributed by atoms with Crippen LogP contribution in [0.4, 0.5) is 13.2 Å². The summed E-state index contributed by atoms with van der Waals surface area (Å²) in [4.78, 5) is 13.5. The maximum Gasteiger partial charge on any atom is 0.406 e. The maximum absolute atomic E-state index is 12.7. The third kappa shape index (κ3) is 2.41. The van der Waals surface area contributed by atoms with E-state index in [1.165, 1.54) is 6.92 Å². The molecule has 1 amide bonds. The number of likely N-dealkylation sites (tertiary alicyclic amines) is 1.